The van der Waals surface area contributed by atoms with E-state index in [9.17, 15) is 4.79 Å². The highest BCUT2D eigenvalue weighted by atomic mass is 16.1. The van der Waals surface area contributed by atoms with Gasteiger partial charge in [0.25, 0.3) is 0 Å². The number of amides is 1. The van der Waals surface area contributed by atoms with Gasteiger partial charge in [-0.2, -0.15) is 0 Å². The van der Waals surface area contributed by atoms with Crippen molar-refractivity contribution in [1.82, 2.24) is 15.1 Å². The predicted molar refractivity (Wildman–Crippen MR) is 83.6 cm³/mol. The molecule has 0 saturated carbocycles. The van der Waals surface area contributed by atoms with Crippen molar-refractivity contribution in [2.45, 2.75) is 39.2 Å². The fourth-order valence-corrected chi connectivity index (χ4v) is 2.57. The molecule has 20 heavy (non-hydrogen) atoms. The van der Waals surface area contributed by atoms with Crippen LogP contribution in [-0.2, 0) is 4.79 Å². The van der Waals surface area contributed by atoms with Gasteiger partial charge in [0.1, 0.15) is 0 Å². The fourth-order valence-electron chi connectivity index (χ4n) is 2.57. The third-order valence-corrected chi connectivity index (χ3v) is 4.46. The molecule has 1 aliphatic heterocycles. The minimum Gasteiger partial charge on any atom is -0.354 e. The lowest BCUT2D eigenvalue weighted by Crippen LogP contribution is -2.57. The van der Waals surface area contributed by atoms with Crippen LogP contribution in [0.25, 0.3) is 0 Å². The molecule has 0 radical (unpaired) electrons. The molecule has 1 rings (SSSR count). The Hall–Kier alpha value is -0.650. The minimum atomic E-state index is 0.0152. The number of likely N-dealkylation sites (N-methyl/N-ethyl adjacent to an activating group) is 1. The van der Waals surface area contributed by atoms with Crippen LogP contribution in [0.1, 0.15) is 33.6 Å². The van der Waals surface area contributed by atoms with E-state index in [-0.39, 0.29) is 11.4 Å². The molecule has 0 bridgehead atoms. The zero-order chi connectivity index (χ0) is 15.2. The largest absolute Gasteiger partial charge is 0.354 e. The normalized spacial score (nSPS) is 19.9. The van der Waals surface area contributed by atoms with E-state index < -0.39 is 0 Å². The summed E-state index contributed by atoms with van der Waals surface area (Å²) in [6.07, 6.45) is 1.51. The lowest BCUT2D eigenvalue weighted by atomic mass is 10.00. The molecule has 0 aromatic carbocycles. The molecule has 1 unspecified atom stereocenters. The van der Waals surface area contributed by atoms with E-state index in [1.807, 2.05) is 0 Å². The van der Waals surface area contributed by atoms with Crippen molar-refractivity contribution in [3.05, 3.63) is 0 Å². The topological polar surface area (TPSA) is 61.6 Å². The Bertz CT molecular complexity index is 294. The Morgan fingerprint density at radius 2 is 1.90 bits per heavy atom. The number of hydrogen-bond acceptors (Lipinski definition) is 4. The van der Waals surface area contributed by atoms with Crippen LogP contribution in [0.2, 0.25) is 0 Å². The Kier molecular flexibility index (Phi) is 6.92. The first-order valence-corrected chi connectivity index (χ1v) is 7.79. The summed E-state index contributed by atoms with van der Waals surface area (Å²) in [7, 11) is 2.16. The van der Waals surface area contributed by atoms with E-state index in [0.717, 1.165) is 32.6 Å². The standard InChI is InChI=1S/C15H32N4O/c1-5-13(11-16)10-14(20)17-12-15(2,3)19-8-6-18(4)7-9-19/h13H,5-12,16H2,1-4H3,(H,17,20). The maximum atomic E-state index is 12.0. The van der Waals surface area contributed by atoms with Crippen molar-refractivity contribution < 1.29 is 4.79 Å². The van der Waals surface area contributed by atoms with Gasteiger partial charge in [0.15, 0.2) is 0 Å². The van der Waals surface area contributed by atoms with E-state index in [1.165, 1.54) is 0 Å². The third-order valence-electron chi connectivity index (χ3n) is 4.46. The first kappa shape index (κ1) is 17.4. The van der Waals surface area contributed by atoms with Crippen LogP contribution in [0.4, 0.5) is 0 Å². The highest BCUT2D eigenvalue weighted by molar-refractivity contribution is 5.76. The molecule has 0 aromatic heterocycles. The summed E-state index contributed by atoms with van der Waals surface area (Å²) in [5, 5.41) is 3.08. The molecule has 1 amide bonds. The number of carbonyl (C=O) groups is 1. The molecule has 3 N–H and O–H groups in total. The summed E-state index contributed by atoms with van der Waals surface area (Å²) < 4.78 is 0. The summed E-state index contributed by atoms with van der Waals surface area (Å²) >= 11 is 0. The van der Waals surface area contributed by atoms with Gasteiger partial charge in [-0.05, 0) is 33.4 Å². The lowest BCUT2D eigenvalue weighted by molar-refractivity contribution is -0.122. The molecule has 0 aliphatic carbocycles. The molecular formula is C15H32N4O. The highest BCUT2D eigenvalue weighted by Gasteiger charge is 2.29. The Labute approximate surface area is 123 Å². The van der Waals surface area contributed by atoms with Gasteiger partial charge in [-0.15, -0.1) is 0 Å². The summed E-state index contributed by atoms with van der Waals surface area (Å²) in [5.74, 6) is 0.436. The van der Waals surface area contributed by atoms with Crippen LogP contribution < -0.4 is 11.1 Å². The quantitative estimate of drug-likeness (QED) is 0.715. The van der Waals surface area contributed by atoms with Crippen LogP contribution in [0.5, 0.6) is 0 Å². The van der Waals surface area contributed by atoms with Gasteiger partial charge in [-0.1, -0.05) is 13.3 Å². The Balaban J connectivity index is 2.36. The molecule has 5 nitrogen and oxygen atoms in total. The fraction of sp³-hybridized carbons (Fsp3) is 0.933. The number of piperazine rings is 1. The van der Waals surface area contributed by atoms with Gasteiger partial charge in [0, 0.05) is 44.7 Å². The van der Waals surface area contributed by atoms with Crippen molar-refractivity contribution >= 4 is 5.91 Å². The molecule has 1 heterocycles. The highest BCUT2D eigenvalue weighted by Crippen LogP contribution is 2.16. The molecule has 0 aromatic rings. The van der Waals surface area contributed by atoms with Crippen LogP contribution in [0.3, 0.4) is 0 Å². The maximum Gasteiger partial charge on any atom is 0.220 e. The van der Waals surface area contributed by atoms with Gasteiger partial charge in [-0.25, -0.2) is 0 Å². The number of rotatable bonds is 7. The second kappa shape index (κ2) is 7.96. The summed E-state index contributed by atoms with van der Waals surface area (Å²) in [5.41, 5.74) is 5.67. The van der Waals surface area contributed by atoms with Gasteiger partial charge in [0.2, 0.25) is 5.91 Å². The smallest absolute Gasteiger partial charge is 0.220 e. The predicted octanol–water partition coefficient (Wildman–Crippen LogP) is 0.504. The second-order valence-corrected chi connectivity index (χ2v) is 6.59. The molecule has 1 aliphatic rings. The monoisotopic (exact) mass is 284 g/mol. The van der Waals surface area contributed by atoms with Crippen LogP contribution in [0, 0.1) is 5.92 Å². The third kappa shape index (κ3) is 5.38. The van der Waals surface area contributed by atoms with Gasteiger partial charge < -0.3 is 16.0 Å². The lowest BCUT2D eigenvalue weighted by Gasteiger charge is -2.43. The summed E-state index contributed by atoms with van der Waals surface area (Å²) in [4.78, 5) is 16.8. The number of nitrogens with two attached hydrogens (primary N) is 1. The van der Waals surface area contributed by atoms with Crippen molar-refractivity contribution in [3.8, 4) is 0 Å². The molecule has 1 fully saturated rings. The van der Waals surface area contributed by atoms with Gasteiger partial charge in [0.05, 0.1) is 0 Å². The van der Waals surface area contributed by atoms with Crippen molar-refractivity contribution in [2.75, 3.05) is 46.3 Å². The molecule has 118 valence electrons. The average Bonchev–Trinajstić information content (AvgIpc) is 2.43. The van der Waals surface area contributed by atoms with Crippen LogP contribution in [0.15, 0.2) is 0 Å². The number of nitrogens with zero attached hydrogens (tertiary/aromatic N) is 2. The SMILES string of the molecule is CCC(CN)CC(=O)NCC(C)(C)N1CCN(C)CC1. The number of nitrogens with one attached hydrogen (secondary N) is 1. The molecule has 1 saturated heterocycles. The van der Waals surface area contributed by atoms with E-state index in [1.54, 1.807) is 0 Å². The summed E-state index contributed by atoms with van der Waals surface area (Å²) in [6.45, 7) is 12.1. The average molecular weight is 284 g/mol. The van der Waals surface area contributed by atoms with E-state index in [0.29, 0.717) is 25.4 Å². The van der Waals surface area contributed by atoms with Crippen LogP contribution >= 0.6 is 0 Å². The zero-order valence-electron chi connectivity index (χ0n) is 13.6. The molecule has 1 atom stereocenters. The first-order valence-electron chi connectivity index (χ1n) is 7.79. The molecule has 0 spiro atoms. The Morgan fingerprint density at radius 3 is 2.40 bits per heavy atom. The second-order valence-electron chi connectivity index (χ2n) is 6.59. The van der Waals surface area contributed by atoms with Crippen molar-refractivity contribution in [1.29, 1.82) is 0 Å². The van der Waals surface area contributed by atoms with Crippen molar-refractivity contribution in [2.24, 2.45) is 11.7 Å². The van der Waals surface area contributed by atoms with Crippen LogP contribution in [-0.4, -0.2) is 67.6 Å². The first-order chi connectivity index (χ1) is 9.39. The number of hydrogen-bond donors (Lipinski definition) is 2. The molecule has 5 heteroatoms. The maximum absolute atomic E-state index is 12.0. The number of carbonyl (C=O) groups excluding carboxylic acids is 1. The summed E-state index contributed by atoms with van der Waals surface area (Å²) in [6, 6.07) is 0. The van der Waals surface area contributed by atoms with E-state index in [2.05, 4.69) is 42.9 Å². The van der Waals surface area contributed by atoms with E-state index in [4.69, 9.17) is 5.73 Å². The van der Waals surface area contributed by atoms with Gasteiger partial charge in [-0.3, -0.25) is 9.69 Å². The Morgan fingerprint density at radius 1 is 1.30 bits per heavy atom. The minimum absolute atomic E-state index is 0.0152. The zero-order valence-corrected chi connectivity index (χ0v) is 13.6. The van der Waals surface area contributed by atoms with E-state index >= 15 is 0 Å². The van der Waals surface area contributed by atoms with Gasteiger partial charge >= 0.3 is 0 Å². The van der Waals surface area contributed by atoms with Crippen molar-refractivity contribution in [3.63, 3.8) is 0 Å². The molecular weight excluding hydrogens is 252 g/mol.